The molecule has 0 radical (unpaired) electrons. The van der Waals surface area contributed by atoms with Crippen molar-refractivity contribution in [3.05, 3.63) is 69.9 Å². The number of nitrogens with zero attached hydrogens (tertiary/aromatic N) is 4. The molecule has 3 aromatic rings. The molecular weight excluding hydrogens is 320 g/mol. The summed E-state index contributed by atoms with van der Waals surface area (Å²) in [5, 5.41) is 20.9. The lowest BCUT2D eigenvalue weighted by Gasteiger charge is -2.24. The van der Waals surface area contributed by atoms with Gasteiger partial charge in [-0.25, -0.2) is 0 Å². The molecule has 1 unspecified atom stereocenters. The van der Waals surface area contributed by atoms with Crippen molar-refractivity contribution in [2.75, 3.05) is 6.54 Å². The molecule has 0 spiro atoms. The number of thiophene rings is 1. The van der Waals surface area contributed by atoms with Crippen LogP contribution in [0.1, 0.15) is 28.2 Å². The maximum absolute atomic E-state index is 10.5. The highest BCUT2D eigenvalue weighted by atomic mass is 32.1. The SMILES string of the molecule is Cc1nnc(CN(Cc2ccccc2)CC(O)c2cccs2)n1C. The first-order chi connectivity index (χ1) is 11.6. The summed E-state index contributed by atoms with van der Waals surface area (Å²) in [7, 11) is 1.97. The maximum Gasteiger partial charge on any atom is 0.146 e. The lowest BCUT2D eigenvalue weighted by atomic mass is 10.2. The van der Waals surface area contributed by atoms with E-state index in [0.717, 1.165) is 23.1 Å². The summed E-state index contributed by atoms with van der Waals surface area (Å²) in [4.78, 5) is 3.20. The fourth-order valence-corrected chi connectivity index (χ4v) is 3.33. The van der Waals surface area contributed by atoms with Crippen molar-refractivity contribution in [1.82, 2.24) is 19.7 Å². The molecule has 24 heavy (non-hydrogen) atoms. The van der Waals surface area contributed by atoms with Crippen molar-refractivity contribution in [3.8, 4) is 0 Å². The standard InChI is InChI=1S/C18H22N4OS/c1-14-19-20-18(21(14)2)13-22(11-15-7-4-3-5-8-15)12-16(23)17-9-6-10-24-17/h3-10,16,23H,11-13H2,1-2H3. The van der Waals surface area contributed by atoms with Gasteiger partial charge in [0.2, 0.25) is 0 Å². The Kier molecular flexibility index (Phi) is 5.40. The number of rotatable bonds is 7. The number of hydrogen-bond acceptors (Lipinski definition) is 5. The Hall–Kier alpha value is -2.02. The predicted octanol–water partition coefficient (Wildman–Crippen LogP) is 2.92. The summed E-state index contributed by atoms with van der Waals surface area (Å²) >= 11 is 1.58. The van der Waals surface area contributed by atoms with E-state index >= 15 is 0 Å². The second-order valence-corrected chi connectivity index (χ2v) is 6.89. The second-order valence-electron chi connectivity index (χ2n) is 5.91. The summed E-state index contributed by atoms with van der Waals surface area (Å²) in [5.74, 6) is 1.80. The average Bonchev–Trinajstić information content (AvgIpc) is 3.22. The monoisotopic (exact) mass is 342 g/mol. The Labute approximate surface area is 146 Å². The quantitative estimate of drug-likeness (QED) is 0.717. The Balaban J connectivity index is 1.76. The van der Waals surface area contributed by atoms with Crippen LogP contribution in [-0.4, -0.2) is 31.3 Å². The van der Waals surface area contributed by atoms with Gasteiger partial charge in [0.1, 0.15) is 17.8 Å². The second kappa shape index (κ2) is 7.70. The summed E-state index contributed by atoms with van der Waals surface area (Å²) in [6.07, 6.45) is -0.497. The van der Waals surface area contributed by atoms with Crippen molar-refractivity contribution in [3.63, 3.8) is 0 Å². The maximum atomic E-state index is 10.5. The average molecular weight is 342 g/mol. The molecule has 0 saturated carbocycles. The van der Waals surface area contributed by atoms with Gasteiger partial charge in [0.25, 0.3) is 0 Å². The molecule has 1 atom stereocenters. The van der Waals surface area contributed by atoms with Crippen molar-refractivity contribution in [2.45, 2.75) is 26.1 Å². The normalized spacial score (nSPS) is 12.7. The highest BCUT2D eigenvalue weighted by Crippen LogP contribution is 2.21. The zero-order valence-corrected chi connectivity index (χ0v) is 14.8. The largest absolute Gasteiger partial charge is 0.386 e. The number of aliphatic hydroxyl groups excluding tert-OH is 1. The Morgan fingerprint density at radius 2 is 1.92 bits per heavy atom. The third kappa shape index (κ3) is 4.08. The minimum Gasteiger partial charge on any atom is -0.386 e. The smallest absolute Gasteiger partial charge is 0.146 e. The summed E-state index contributed by atoms with van der Waals surface area (Å²) in [6, 6.07) is 14.2. The first-order valence-corrected chi connectivity index (χ1v) is 8.84. The van der Waals surface area contributed by atoms with Crippen LogP contribution in [0.15, 0.2) is 47.8 Å². The Morgan fingerprint density at radius 1 is 1.12 bits per heavy atom. The third-order valence-corrected chi connectivity index (χ3v) is 5.07. The van der Waals surface area contributed by atoms with Gasteiger partial charge in [-0.1, -0.05) is 36.4 Å². The van der Waals surface area contributed by atoms with Gasteiger partial charge in [-0.2, -0.15) is 0 Å². The predicted molar refractivity (Wildman–Crippen MR) is 95.6 cm³/mol. The van der Waals surface area contributed by atoms with Gasteiger partial charge >= 0.3 is 0 Å². The van der Waals surface area contributed by atoms with Gasteiger partial charge < -0.3 is 9.67 Å². The van der Waals surface area contributed by atoms with Crippen LogP contribution >= 0.6 is 11.3 Å². The van der Waals surface area contributed by atoms with Gasteiger partial charge in [0.05, 0.1) is 6.54 Å². The number of hydrogen-bond donors (Lipinski definition) is 1. The molecule has 1 aromatic carbocycles. The van der Waals surface area contributed by atoms with E-state index < -0.39 is 6.10 Å². The van der Waals surface area contributed by atoms with Crippen LogP contribution in [0.2, 0.25) is 0 Å². The van der Waals surface area contributed by atoms with E-state index in [4.69, 9.17) is 0 Å². The molecule has 126 valence electrons. The molecular formula is C18H22N4OS. The van der Waals surface area contributed by atoms with Crippen molar-refractivity contribution < 1.29 is 5.11 Å². The summed E-state index contributed by atoms with van der Waals surface area (Å²) < 4.78 is 2.00. The van der Waals surface area contributed by atoms with Gasteiger partial charge in [0.15, 0.2) is 0 Å². The highest BCUT2D eigenvalue weighted by molar-refractivity contribution is 7.10. The van der Waals surface area contributed by atoms with E-state index in [1.165, 1.54) is 5.56 Å². The Bertz CT molecular complexity index is 755. The first-order valence-electron chi connectivity index (χ1n) is 7.96. The number of benzene rings is 1. The number of aromatic nitrogens is 3. The van der Waals surface area contributed by atoms with Gasteiger partial charge in [-0.3, -0.25) is 4.90 Å². The number of aryl methyl sites for hydroxylation is 1. The molecule has 2 heterocycles. The molecule has 0 saturated heterocycles. The Morgan fingerprint density at radius 3 is 2.54 bits per heavy atom. The van der Waals surface area contributed by atoms with Crippen molar-refractivity contribution >= 4 is 11.3 Å². The molecule has 0 aliphatic rings. The van der Waals surface area contributed by atoms with Gasteiger partial charge in [-0.05, 0) is 23.9 Å². The molecule has 0 aliphatic heterocycles. The van der Waals surface area contributed by atoms with Crippen LogP contribution < -0.4 is 0 Å². The molecule has 1 N–H and O–H groups in total. The highest BCUT2D eigenvalue weighted by Gasteiger charge is 2.17. The van der Waals surface area contributed by atoms with Crippen LogP contribution in [0.5, 0.6) is 0 Å². The minimum absolute atomic E-state index is 0.497. The fraction of sp³-hybridized carbons (Fsp3) is 0.333. The van der Waals surface area contributed by atoms with Crippen molar-refractivity contribution in [1.29, 1.82) is 0 Å². The van der Waals surface area contributed by atoms with E-state index in [2.05, 4.69) is 27.2 Å². The van der Waals surface area contributed by atoms with Gasteiger partial charge in [0, 0.05) is 25.0 Å². The van der Waals surface area contributed by atoms with E-state index in [9.17, 15) is 5.11 Å². The van der Waals surface area contributed by atoms with Crippen LogP contribution in [0.4, 0.5) is 0 Å². The lowest BCUT2D eigenvalue weighted by molar-refractivity contribution is 0.105. The summed E-state index contributed by atoms with van der Waals surface area (Å²) in [5.41, 5.74) is 1.22. The lowest BCUT2D eigenvalue weighted by Crippen LogP contribution is -2.29. The van der Waals surface area contributed by atoms with Crippen molar-refractivity contribution in [2.24, 2.45) is 7.05 Å². The van der Waals surface area contributed by atoms with Crippen LogP contribution in [-0.2, 0) is 20.1 Å². The zero-order chi connectivity index (χ0) is 16.9. The molecule has 0 amide bonds. The molecule has 0 aliphatic carbocycles. The third-order valence-electron chi connectivity index (χ3n) is 4.10. The van der Waals surface area contributed by atoms with E-state index in [-0.39, 0.29) is 0 Å². The van der Waals surface area contributed by atoms with E-state index in [1.54, 1.807) is 11.3 Å². The van der Waals surface area contributed by atoms with E-state index in [0.29, 0.717) is 13.1 Å². The first kappa shape index (κ1) is 16.8. The van der Waals surface area contributed by atoms with Crippen LogP contribution in [0.3, 0.4) is 0 Å². The molecule has 0 fully saturated rings. The molecule has 2 aromatic heterocycles. The minimum atomic E-state index is -0.497. The molecule has 6 heteroatoms. The topological polar surface area (TPSA) is 54.2 Å². The van der Waals surface area contributed by atoms with Crippen LogP contribution in [0, 0.1) is 6.92 Å². The molecule has 5 nitrogen and oxygen atoms in total. The zero-order valence-electron chi connectivity index (χ0n) is 14.0. The molecule has 3 rings (SSSR count). The number of aliphatic hydroxyl groups is 1. The van der Waals surface area contributed by atoms with E-state index in [1.807, 2.05) is 54.3 Å². The molecule has 0 bridgehead atoms. The fourth-order valence-electron chi connectivity index (χ4n) is 2.63. The van der Waals surface area contributed by atoms with Crippen LogP contribution in [0.25, 0.3) is 0 Å². The van der Waals surface area contributed by atoms with Gasteiger partial charge in [-0.15, -0.1) is 21.5 Å². The summed E-state index contributed by atoms with van der Waals surface area (Å²) in [6.45, 7) is 3.91.